The van der Waals surface area contributed by atoms with Crippen LogP contribution in [0.15, 0.2) is 34.3 Å². The predicted molar refractivity (Wildman–Crippen MR) is 60.0 cm³/mol. The molecule has 1 unspecified atom stereocenters. The average Bonchev–Trinajstić information content (AvgIpc) is 2.28. The van der Waals surface area contributed by atoms with Crippen LogP contribution in [-0.2, 0) is 25.4 Å². The molecular weight excluding hydrogens is 268 g/mol. The Morgan fingerprint density at radius 1 is 1.35 bits per heavy atom. The van der Waals surface area contributed by atoms with Crippen molar-refractivity contribution < 1.29 is 21.4 Å². The second-order valence-electron chi connectivity index (χ2n) is 2.96. The van der Waals surface area contributed by atoms with Crippen molar-refractivity contribution >= 4 is 26.9 Å². The van der Waals surface area contributed by atoms with Crippen molar-refractivity contribution in [2.75, 3.05) is 12.4 Å². The Balaban J connectivity index is 2.75. The lowest BCUT2D eigenvalue weighted by atomic mass is 10.3. The van der Waals surface area contributed by atoms with Gasteiger partial charge in [-0.05, 0) is 24.3 Å². The topological polar surface area (TPSA) is 117 Å². The molecule has 0 radical (unpaired) electrons. The van der Waals surface area contributed by atoms with Crippen LogP contribution in [0.4, 0.5) is 5.69 Å². The zero-order chi connectivity index (χ0) is 12.9. The Kier molecular flexibility index (Phi) is 4.87. The van der Waals surface area contributed by atoms with Crippen molar-refractivity contribution in [2.45, 2.75) is 4.90 Å². The largest absolute Gasteiger partial charge is 0.301 e. The zero-order valence-electron chi connectivity index (χ0n) is 8.57. The molecule has 1 atom stereocenters. The van der Waals surface area contributed by atoms with E-state index < -0.39 is 27.0 Å². The molecule has 1 aromatic rings. The quantitative estimate of drug-likeness (QED) is 0.600. The maximum absolute atomic E-state index is 11.7. The number of rotatable bonds is 6. The predicted octanol–water partition coefficient (Wildman–Crippen LogP) is 1.28. The SMILES string of the molecule is N=Nc1ccc(S(=O)(=O)CCOS(=O)O)cc1. The summed E-state index contributed by atoms with van der Waals surface area (Å²) in [5, 5.41) is 3.14. The Morgan fingerprint density at radius 3 is 2.41 bits per heavy atom. The van der Waals surface area contributed by atoms with Gasteiger partial charge in [-0.15, -0.1) is 0 Å². The lowest BCUT2D eigenvalue weighted by Gasteiger charge is -2.03. The molecule has 0 amide bonds. The van der Waals surface area contributed by atoms with Crippen LogP contribution in [0.3, 0.4) is 0 Å². The normalized spacial score (nSPS) is 13.2. The lowest BCUT2D eigenvalue weighted by Crippen LogP contribution is -2.13. The molecule has 0 aromatic heterocycles. The van der Waals surface area contributed by atoms with E-state index in [1.165, 1.54) is 24.3 Å². The molecule has 0 aliphatic heterocycles. The first-order valence-electron chi connectivity index (χ1n) is 4.40. The molecule has 0 saturated carbocycles. The molecule has 0 fully saturated rings. The van der Waals surface area contributed by atoms with Crippen molar-refractivity contribution in [3.05, 3.63) is 24.3 Å². The summed E-state index contributed by atoms with van der Waals surface area (Å²) in [6.07, 6.45) is 0. The highest BCUT2D eigenvalue weighted by atomic mass is 32.2. The maximum atomic E-state index is 11.7. The number of nitrogens with zero attached hydrogens (tertiary/aromatic N) is 1. The van der Waals surface area contributed by atoms with Crippen molar-refractivity contribution in [1.29, 1.82) is 5.53 Å². The minimum absolute atomic E-state index is 0.0530. The summed E-state index contributed by atoms with van der Waals surface area (Å²) in [7, 11) is -3.55. The first kappa shape index (κ1) is 13.9. The van der Waals surface area contributed by atoms with Crippen LogP contribution in [0, 0.1) is 5.53 Å². The van der Waals surface area contributed by atoms with E-state index in [1.807, 2.05) is 0 Å². The maximum Gasteiger partial charge on any atom is 0.301 e. The first-order chi connectivity index (χ1) is 7.95. The fourth-order valence-corrected chi connectivity index (χ4v) is 2.48. The Labute approximate surface area is 101 Å². The van der Waals surface area contributed by atoms with Gasteiger partial charge in [0.05, 0.1) is 22.9 Å². The van der Waals surface area contributed by atoms with Crippen LogP contribution in [0.1, 0.15) is 0 Å². The Morgan fingerprint density at radius 2 is 1.94 bits per heavy atom. The van der Waals surface area contributed by atoms with Crippen LogP contribution in [0.5, 0.6) is 0 Å². The molecule has 2 N–H and O–H groups in total. The summed E-state index contributed by atoms with van der Waals surface area (Å²) >= 11 is -2.47. The molecule has 1 aromatic carbocycles. The molecule has 17 heavy (non-hydrogen) atoms. The lowest BCUT2D eigenvalue weighted by molar-refractivity contribution is 0.326. The van der Waals surface area contributed by atoms with E-state index in [1.54, 1.807) is 0 Å². The van der Waals surface area contributed by atoms with Crippen LogP contribution in [0.25, 0.3) is 0 Å². The highest BCUT2D eigenvalue weighted by Crippen LogP contribution is 2.17. The second-order valence-corrected chi connectivity index (χ2v) is 5.74. The van der Waals surface area contributed by atoms with Crippen LogP contribution >= 0.6 is 0 Å². The number of nitrogens with one attached hydrogen (secondary N) is 1. The molecule has 0 spiro atoms. The minimum Gasteiger partial charge on any atom is -0.284 e. The number of sulfone groups is 1. The van der Waals surface area contributed by atoms with Gasteiger partial charge in [-0.3, -0.25) is 8.74 Å². The van der Waals surface area contributed by atoms with Crippen molar-refractivity contribution in [3.63, 3.8) is 0 Å². The van der Waals surface area contributed by atoms with E-state index in [9.17, 15) is 12.6 Å². The molecule has 0 saturated heterocycles. The minimum atomic E-state index is -3.55. The van der Waals surface area contributed by atoms with E-state index >= 15 is 0 Å². The molecule has 0 aliphatic carbocycles. The van der Waals surface area contributed by atoms with Crippen LogP contribution in [0.2, 0.25) is 0 Å². The van der Waals surface area contributed by atoms with Crippen molar-refractivity contribution in [3.8, 4) is 0 Å². The summed E-state index contributed by atoms with van der Waals surface area (Å²) < 4.78 is 46.1. The van der Waals surface area contributed by atoms with Gasteiger partial charge < -0.3 is 0 Å². The first-order valence-corrected chi connectivity index (χ1v) is 7.08. The van der Waals surface area contributed by atoms with Crippen molar-refractivity contribution in [2.24, 2.45) is 5.11 Å². The van der Waals surface area contributed by atoms with Gasteiger partial charge in [-0.25, -0.2) is 13.9 Å². The van der Waals surface area contributed by atoms with Gasteiger partial charge in [0.25, 0.3) is 0 Å². The monoisotopic (exact) mass is 278 g/mol. The smallest absolute Gasteiger partial charge is 0.284 e. The molecule has 7 nitrogen and oxygen atoms in total. The number of hydrogen-bond donors (Lipinski definition) is 2. The summed E-state index contributed by atoms with van der Waals surface area (Å²) in [6.45, 7) is -0.365. The molecule has 94 valence electrons. The van der Waals surface area contributed by atoms with E-state index in [0.29, 0.717) is 5.69 Å². The second kappa shape index (κ2) is 5.96. The number of benzene rings is 1. The molecule has 0 aliphatic rings. The van der Waals surface area contributed by atoms with E-state index in [-0.39, 0.29) is 11.5 Å². The molecule has 0 heterocycles. The van der Waals surface area contributed by atoms with Gasteiger partial charge in [0, 0.05) is 0 Å². The summed E-state index contributed by atoms with van der Waals surface area (Å²) in [5.74, 6) is -0.392. The standard InChI is InChI=1S/C8H10N2O5S2/c9-10-7-1-3-8(4-2-7)17(13,14)6-5-15-16(11)12/h1-4,9H,5-6H2,(H,11,12). The van der Waals surface area contributed by atoms with Gasteiger partial charge >= 0.3 is 11.4 Å². The average molecular weight is 278 g/mol. The highest BCUT2D eigenvalue weighted by Gasteiger charge is 2.14. The zero-order valence-corrected chi connectivity index (χ0v) is 10.2. The molecule has 1 rings (SSSR count). The summed E-state index contributed by atoms with van der Waals surface area (Å²) in [6, 6.07) is 5.42. The fourth-order valence-electron chi connectivity index (χ4n) is 1.06. The molecular formula is C8H10N2O5S2. The summed E-state index contributed by atoms with van der Waals surface area (Å²) in [4.78, 5) is 0.0530. The Hall–Kier alpha value is -1.16. The van der Waals surface area contributed by atoms with E-state index in [0.717, 1.165) is 0 Å². The van der Waals surface area contributed by atoms with Gasteiger partial charge in [0.15, 0.2) is 9.84 Å². The number of hydrogen-bond acceptors (Lipinski definition) is 6. The van der Waals surface area contributed by atoms with Gasteiger partial charge in [0.2, 0.25) is 0 Å². The summed E-state index contributed by atoms with van der Waals surface area (Å²) in [5.41, 5.74) is 7.07. The van der Waals surface area contributed by atoms with Gasteiger partial charge in [-0.1, -0.05) is 0 Å². The highest BCUT2D eigenvalue weighted by molar-refractivity contribution is 7.91. The fraction of sp³-hybridized carbons (Fsp3) is 0.250. The third-order valence-corrected chi connectivity index (χ3v) is 3.92. The third kappa shape index (κ3) is 4.30. The van der Waals surface area contributed by atoms with Crippen molar-refractivity contribution in [1.82, 2.24) is 0 Å². The van der Waals surface area contributed by atoms with Gasteiger partial charge in [0.1, 0.15) is 0 Å². The Bertz CT molecular complexity index is 511. The third-order valence-electron chi connectivity index (χ3n) is 1.86. The van der Waals surface area contributed by atoms with Gasteiger partial charge in [-0.2, -0.15) is 9.32 Å². The van der Waals surface area contributed by atoms with E-state index in [2.05, 4.69) is 9.30 Å². The molecule has 0 bridgehead atoms. The van der Waals surface area contributed by atoms with E-state index in [4.69, 9.17) is 10.1 Å². The van der Waals surface area contributed by atoms with Crippen LogP contribution in [-0.4, -0.2) is 29.5 Å². The van der Waals surface area contributed by atoms with Crippen LogP contribution < -0.4 is 0 Å². The molecule has 9 heteroatoms.